The number of ether oxygens (including phenoxy) is 1. The Hall–Kier alpha value is -1.65. The first-order valence-corrected chi connectivity index (χ1v) is 8.90. The molecule has 0 bridgehead atoms. The van der Waals surface area contributed by atoms with Gasteiger partial charge >= 0.3 is 11.9 Å². The smallest absolute Gasteiger partial charge is 0.330 e. The molecule has 0 amide bonds. The molecule has 1 saturated heterocycles. The third-order valence-electron chi connectivity index (χ3n) is 3.64. The molecule has 3 atom stereocenters. The molecule has 1 aliphatic heterocycles. The first kappa shape index (κ1) is 16.7. The zero-order valence-corrected chi connectivity index (χ0v) is 13.4. The highest BCUT2D eigenvalue weighted by molar-refractivity contribution is 7.53. The third-order valence-corrected chi connectivity index (χ3v) is 5.65. The summed E-state index contributed by atoms with van der Waals surface area (Å²) in [4.78, 5) is 23.7. The molecule has 0 aliphatic carbocycles. The molecular weight excluding hydrogens is 305 g/mol. The van der Waals surface area contributed by atoms with Gasteiger partial charge in [-0.2, -0.15) is 0 Å². The van der Waals surface area contributed by atoms with Gasteiger partial charge in [0.1, 0.15) is 19.6 Å². The van der Waals surface area contributed by atoms with E-state index in [2.05, 4.69) is 5.32 Å². The monoisotopic (exact) mass is 325 g/mol. The number of carbonyl (C=O) groups excluding carboxylic acids is 2. The van der Waals surface area contributed by atoms with Crippen LogP contribution in [0.15, 0.2) is 24.3 Å². The van der Waals surface area contributed by atoms with E-state index in [1.807, 2.05) is 0 Å². The Balaban J connectivity index is 1.89. The van der Waals surface area contributed by atoms with Crippen LogP contribution in [0, 0.1) is 5.92 Å². The number of hydrogen-bond acceptors (Lipinski definition) is 6. The van der Waals surface area contributed by atoms with Crippen molar-refractivity contribution in [3.8, 4) is 5.75 Å². The fraction of sp³-hybridized carbons (Fsp3) is 0.467. The third kappa shape index (κ3) is 4.18. The van der Waals surface area contributed by atoms with Gasteiger partial charge in [0.25, 0.3) is 0 Å². The summed E-state index contributed by atoms with van der Waals surface area (Å²) >= 11 is 0. The summed E-state index contributed by atoms with van der Waals surface area (Å²) in [5, 5.41) is 13.0. The summed E-state index contributed by atoms with van der Waals surface area (Å²) in [5.41, 5.74) is 0. The number of esters is 2. The highest BCUT2D eigenvalue weighted by Crippen LogP contribution is 2.28. The molecule has 0 radical (unpaired) electrons. The van der Waals surface area contributed by atoms with Crippen LogP contribution in [0.1, 0.15) is 19.8 Å². The van der Waals surface area contributed by atoms with Crippen LogP contribution in [0.2, 0.25) is 0 Å². The topological polar surface area (TPSA) is 92.7 Å². The van der Waals surface area contributed by atoms with Gasteiger partial charge in [-0.05, 0) is 31.5 Å². The quantitative estimate of drug-likeness (QED) is 0.477. The Morgan fingerprint density at radius 1 is 1.45 bits per heavy atom. The summed E-state index contributed by atoms with van der Waals surface area (Å²) < 4.78 is 17.1. The minimum absolute atomic E-state index is 0.0433. The maximum atomic E-state index is 12.2. The Morgan fingerprint density at radius 3 is 2.82 bits per heavy atom. The van der Waals surface area contributed by atoms with E-state index in [1.54, 1.807) is 25.1 Å². The number of phenols is 1. The summed E-state index contributed by atoms with van der Waals surface area (Å²) in [5.74, 6) is -1.96. The van der Waals surface area contributed by atoms with Crippen molar-refractivity contribution in [1.29, 1.82) is 0 Å². The van der Waals surface area contributed by atoms with E-state index in [9.17, 15) is 19.3 Å². The molecule has 2 N–H and O–H groups in total. The minimum Gasteiger partial charge on any atom is -0.507 e. The van der Waals surface area contributed by atoms with Crippen LogP contribution in [-0.4, -0.2) is 35.8 Å². The van der Waals surface area contributed by atoms with Crippen molar-refractivity contribution in [2.24, 2.45) is 5.92 Å². The lowest BCUT2D eigenvalue weighted by atomic mass is 10.2. The molecule has 1 aliphatic rings. The molecule has 1 aromatic rings. The fourth-order valence-corrected chi connectivity index (χ4v) is 3.93. The number of aromatic hydroxyl groups is 1. The molecule has 0 aromatic heterocycles. The SMILES string of the molecule is CC(C[PH](=O)c1ccccc1O)C(=O)OC(=O)[C@@H]1CCCN1. The molecule has 2 unspecified atom stereocenters. The predicted molar refractivity (Wildman–Crippen MR) is 82.9 cm³/mol. The molecule has 2 rings (SSSR count). The lowest BCUT2D eigenvalue weighted by molar-refractivity contribution is -0.163. The Labute approximate surface area is 129 Å². The highest BCUT2D eigenvalue weighted by Gasteiger charge is 2.28. The number of carbonyl (C=O) groups is 2. The maximum absolute atomic E-state index is 12.2. The fourth-order valence-electron chi connectivity index (χ4n) is 2.34. The largest absolute Gasteiger partial charge is 0.507 e. The number of phenolic OH excluding ortho intramolecular Hbond substituents is 1. The number of benzene rings is 1. The van der Waals surface area contributed by atoms with E-state index >= 15 is 0 Å². The zero-order chi connectivity index (χ0) is 16.1. The number of hydrogen-bond donors (Lipinski definition) is 2. The normalized spacial score (nSPS) is 20.3. The van der Waals surface area contributed by atoms with Crippen molar-refractivity contribution in [2.75, 3.05) is 12.7 Å². The average molecular weight is 325 g/mol. The van der Waals surface area contributed by atoms with E-state index in [1.165, 1.54) is 6.07 Å². The van der Waals surface area contributed by atoms with Gasteiger partial charge in [-0.25, -0.2) is 4.79 Å². The molecule has 1 fully saturated rings. The number of para-hydroxylation sites is 1. The Kier molecular flexibility index (Phi) is 5.75. The van der Waals surface area contributed by atoms with Crippen LogP contribution in [0.3, 0.4) is 0 Å². The summed E-state index contributed by atoms with van der Waals surface area (Å²) in [6.07, 6.45) is 1.60. The minimum atomic E-state index is -2.32. The first-order chi connectivity index (χ1) is 10.5. The van der Waals surface area contributed by atoms with E-state index in [-0.39, 0.29) is 11.9 Å². The van der Waals surface area contributed by atoms with Gasteiger partial charge in [-0.1, -0.05) is 19.1 Å². The highest BCUT2D eigenvalue weighted by atomic mass is 31.1. The molecule has 0 spiro atoms. The van der Waals surface area contributed by atoms with Crippen LogP contribution in [0.25, 0.3) is 0 Å². The van der Waals surface area contributed by atoms with Gasteiger partial charge in [0.05, 0.1) is 11.2 Å². The van der Waals surface area contributed by atoms with Crippen LogP contribution >= 0.6 is 7.80 Å². The maximum Gasteiger partial charge on any atom is 0.330 e. The van der Waals surface area contributed by atoms with Gasteiger partial charge in [0.2, 0.25) is 0 Å². The van der Waals surface area contributed by atoms with Crippen LogP contribution < -0.4 is 10.6 Å². The van der Waals surface area contributed by atoms with E-state index in [0.717, 1.165) is 13.0 Å². The molecular formula is C15H20NO5P. The van der Waals surface area contributed by atoms with Crippen molar-refractivity contribution < 1.29 is 24.0 Å². The lowest BCUT2D eigenvalue weighted by Crippen LogP contribution is -2.35. The van der Waals surface area contributed by atoms with Crippen LogP contribution in [-0.2, 0) is 18.9 Å². The molecule has 120 valence electrons. The second-order valence-corrected chi connectivity index (χ2v) is 7.23. The lowest BCUT2D eigenvalue weighted by Gasteiger charge is -2.13. The van der Waals surface area contributed by atoms with Gasteiger partial charge in [-0.3, -0.25) is 4.79 Å². The van der Waals surface area contributed by atoms with E-state index in [0.29, 0.717) is 11.7 Å². The molecule has 7 heteroatoms. The Morgan fingerprint density at radius 2 is 2.18 bits per heavy atom. The van der Waals surface area contributed by atoms with Gasteiger partial charge in [-0.15, -0.1) is 0 Å². The standard InChI is InChI=1S/C15H20NO5P/c1-10(9-22(20)13-7-3-2-6-12(13)17)14(18)21-15(19)11-5-4-8-16-11/h2-3,6-7,10-11,16-17,22H,4-5,8-9H2,1H3/t10?,11-/m0/s1. The van der Waals surface area contributed by atoms with Crippen molar-refractivity contribution in [2.45, 2.75) is 25.8 Å². The van der Waals surface area contributed by atoms with E-state index < -0.39 is 31.7 Å². The van der Waals surface area contributed by atoms with Gasteiger partial charge in [0, 0.05) is 6.16 Å². The van der Waals surface area contributed by atoms with Gasteiger partial charge in [0.15, 0.2) is 0 Å². The second kappa shape index (κ2) is 7.56. The first-order valence-electron chi connectivity index (χ1n) is 7.29. The number of rotatable bonds is 5. The Bertz CT molecular complexity index is 583. The molecule has 6 nitrogen and oxygen atoms in total. The summed E-state index contributed by atoms with van der Waals surface area (Å²) in [6.45, 7) is 2.31. The van der Waals surface area contributed by atoms with Crippen molar-refractivity contribution in [1.82, 2.24) is 5.32 Å². The van der Waals surface area contributed by atoms with E-state index in [4.69, 9.17) is 4.74 Å². The second-order valence-electron chi connectivity index (χ2n) is 5.43. The summed E-state index contributed by atoms with van der Waals surface area (Å²) in [6, 6.07) is 5.92. The van der Waals surface area contributed by atoms with Crippen LogP contribution in [0.4, 0.5) is 0 Å². The van der Waals surface area contributed by atoms with Gasteiger partial charge < -0.3 is 19.7 Å². The predicted octanol–water partition coefficient (Wildman–Crippen LogP) is 1.04. The summed E-state index contributed by atoms with van der Waals surface area (Å²) in [7, 11) is -2.32. The average Bonchev–Trinajstić information content (AvgIpc) is 3.01. The molecule has 0 saturated carbocycles. The molecule has 22 heavy (non-hydrogen) atoms. The van der Waals surface area contributed by atoms with Crippen molar-refractivity contribution in [3.63, 3.8) is 0 Å². The molecule has 1 heterocycles. The van der Waals surface area contributed by atoms with Crippen LogP contribution in [0.5, 0.6) is 5.75 Å². The van der Waals surface area contributed by atoms with Crippen molar-refractivity contribution >= 4 is 25.0 Å². The number of nitrogens with one attached hydrogen (secondary N) is 1. The zero-order valence-electron chi connectivity index (χ0n) is 12.4. The molecule has 1 aromatic carbocycles. The van der Waals surface area contributed by atoms with Crippen molar-refractivity contribution in [3.05, 3.63) is 24.3 Å².